The standard InChI is InChI=1S/C20H18ClN3O5/c1-3-12(2)29-18-16(21)10-13(11-17(18)24(27)28)9-15-19(25)22-23(20(15)26)14-7-5-4-6-8-14/h4-12H,3H2,1-2H3,(H,22,25)/b15-9-/t12-/m1/s1. The van der Waals surface area contributed by atoms with Gasteiger partial charge in [-0.1, -0.05) is 36.7 Å². The fourth-order valence-corrected chi connectivity index (χ4v) is 2.97. The Bertz CT molecular complexity index is 1010. The van der Waals surface area contributed by atoms with E-state index in [2.05, 4.69) is 5.43 Å². The van der Waals surface area contributed by atoms with Crippen LogP contribution < -0.4 is 15.2 Å². The lowest BCUT2D eigenvalue weighted by molar-refractivity contribution is -0.386. The number of nitrogens with zero attached hydrogens (tertiary/aromatic N) is 2. The van der Waals surface area contributed by atoms with Gasteiger partial charge in [-0.2, -0.15) is 0 Å². The number of para-hydroxylation sites is 1. The summed E-state index contributed by atoms with van der Waals surface area (Å²) in [6, 6.07) is 11.2. The highest BCUT2D eigenvalue weighted by Gasteiger charge is 2.34. The molecule has 1 fully saturated rings. The molecule has 1 atom stereocenters. The van der Waals surface area contributed by atoms with E-state index in [0.717, 1.165) is 5.01 Å². The Labute approximate surface area is 171 Å². The summed E-state index contributed by atoms with van der Waals surface area (Å²) >= 11 is 6.21. The Morgan fingerprint density at radius 3 is 2.59 bits per heavy atom. The minimum absolute atomic E-state index is 0.0251. The van der Waals surface area contributed by atoms with E-state index in [1.807, 2.05) is 6.92 Å². The third-order valence-corrected chi connectivity index (χ3v) is 4.63. The molecular weight excluding hydrogens is 398 g/mol. The zero-order chi connectivity index (χ0) is 21.1. The smallest absolute Gasteiger partial charge is 0.313 e. The van der Waals surface area contributed by atoms with Crippen LogP contribution in [0.4, 0.5) is 11.4 Å². The van der Waals surface area contributed by atoms with Gasteiger partial charge in [-0.05, 0) is 43.2 Å². The van der Waals surface area contributed by atoms with Crippen LogP contribution in [0.3, 0.4) is 0 Å². The van der Waals surface area contributed by atoms with Gasteiger partial charge in [0.2, 0.25) is 5.75 Å². The molecule has 1 aliphatic rings. The fraction of sp³-hybridized carbons (Fsp3) is 0.200. The topological polar surface area (TPSA) is 102 Å². The van der Waals surface area contributed by atoms with E-state index in [4.69, 9.17) is 16.3 Å². The van der Waals surface area contributed by atoms with Crippen LogP contribution in [0.5, 0.6) is 5.75 Å². The predicted octanol–water partition coefficient (Wildman–Crippen LogP) is 3.89. The van der Waals surface area contributed by atoms with Crippen LogP contribution in [0.15, 0.2) is 48.0 Å². The molecule has 0 aliphatic carbocycles. The van der Waals surface area contributed by atoms with Crippen LogP contribution in [0, 0.1) is 10.1 Å². The summed E-state index contributed by atoms with van der Waals surface area (Å²) in [5, 5.41) is 12.6. The van der Waals surface area contributed by atoms with Gasteiger partial charge in [0.05, 0.1) is 21.7 Å². The number of anilines is 1. The van der Waals surface area contributed by atoms with Gasteiger partial charge in [-0.3, -0.25) is 25.1 Å². The fourth-order valence-electron chi connectivity index (χ4n) is 2.70. The normalized spacial score (nSPS) is 16.1. The van der Waals surface area contributed by atoms with E-state index in [1.165, 1.54) is 18.2 Å². The average molecular weight is 416 g/mol. The summed E-state index contributed by atoms with van der Waals surface area (Å²) in [4.78, 5) is 35.8. The van der Waals surface area contributed by atoms with Gasteiger partial charge in [-0.15, -0.1) is 0 Å². The molecule has 0 aromatic heterocycles. The lowest BCUT2D eigenvalue weighted by atomic mass is 10.1. The van der Waals surface area contributed by atoms with Gasteiger partial charge in [0, 0.05) is 6.07 Å². The number of benzene rings is 2. The van der Waals surface area contributed by atoms with Gasteiger partial charge in [0.15, 0.2) is 0 Å². The van der Waals surface area contributed by atoms with Crippen LogP contribution in [0.1, 0.15) is 25.8 Å². The number of ether oxygens (including phenoxy) is 1. The van der Waals surface area contributed by atoms with Gasteiger partial charge < -0.3 is 4.74 Å². The Morgan fingerprint density at radius 1 is 1.28 bits per heavy atom. The first-order valence-electron chi connectivity index (χ1n) is 8.88. The second-order valence-electron chi connectivity index (χ2n) is 6.42. The molecule has 150 valence electrons. The van der Waals surface area contributed by atoms with Gasteiger partial charge >= 0.3 is 5.69 Å². The monoisotopic (exact) mass is 415 g/mol. The zero-order valence-electron chi connectivity index (χ0n) is 15.7. The number of carbonyl (C=O) groups excluding carboxylic acids is 2. The first-order valence-corrected chi connectivity index (χ1v) is 9.26. The number of rotatable bonds is 6. The molecule has 0 bridgehead atoms. The highest BCUT2D eigenvalue weighted by Crippen LogP contribution is 2.38. The summed E-state index contributed by atoms with van der Waals surface area (Å²) < 4.78 is 5.58. The second-order valence-corrected chi connectivity index (χ2v) is 6.83. The summed E-state index contributed by atoms with van der Waals surface area (Å²) in [6.45, 7) is 3.65. The molecule has 1 aliphatic heterocycles. The van der Waals surface area contributed by atoms with Crippen molar-refractivity contribution in [3.05, 3.63) is 68.7 Å². The molecule has 2 aromatic carbocycles. The summed E-state index contributed by atoms with van der Waals surface area (Å²) in [6.07, 6.45) is 1.65. The van der Waals surface area contributed by atoms with Crippen molar-refractivity contribution in [3.63, 3.8) is 0 Å². The Morgan fingerprint density at radius 2 is 1.97 bits per heavy atom. The minimum Gasteiger partial charge on any atom is -0.483 e. The van der Waals surface area contributed by atoms with E-state index in [1.54, 1.807) is 37.3 Å². The third kappa shape index (κ3) is 4.22. The van der Waals surface area contributed by atoms with Crippen molar-refractivity contribution in [2.75, 3.05) is 5.01 Å². The van der Waals surface area contributed by atoms with Crippen LogP contribution in [-0.4, -0.2) is 22.8 Å². The summed E-state index contributed by atoms with van der Waals surface area (Å²) in [7, 11) is 0. The molecule has 1 heterocycles. The SMILES string of the molecule is CC[C@@H](C)Oc1c(Cl)cc(/C=C2/C(=O)NN(c3ccccc3)C2=O)cc1[N+](=O)[O-]. The molecule has 3 rings (SSSR count). The maximum Gasteiger partial charge on any atom is 0.313 e. The maximum absolute atomic E-state index is 12.7. The van der Waals surface area contributed by atoms with Gasteiger partial charge in [0.1, 0.15) is 5.57 Å². The van der Waals surface area contributed by atoms with Crippen molar-refractivity contribution >= 4 is 40.9 Å². The average Bonchev–Trinajstić information content (AvgIpc) is 2.98. The number of amides is 2. The molecule has 0 spiro atoms. The molecular formula is C20H18ClN3O5. The number of halogens is 1. The molecule has 9 heteroatoms. The zero-order valence-corrected chi connectivity index (χ0v) is 16.5. The van der Waals surface area contributed by atoms with Crippen LogP contribution in [0.2, 0.25) is 5.02 Å². The number of hydrogen-bond donors (Lipinski definition) is 1. The molecule has 0 unspecified atom stereocenters. The number of nitro benzene ring substituents is 1. The maximum atomic E-state index is 12.7. The number of hydrazine groups is 1. The van der Waals surface area contributed by atoms with Crippen LogP contribution in [-0.2, 0) is 9.59 Å². The Balaban J connectivity index is 1.98. The largest absolute Gasteiger partial charge is 0.483 e. The van der Waals surface area contributed by atoms with Crippen molar-refractivity contribution in [2.24, 2.45) is 0 Å². The number of nitrogens with one attached hydrogen (secondary N) is 1. The first kappa shape index (κ1) is 20.3. The molecule has 0 radical (unpaired) electrons. The van der Waals surface area contributed by atoms with E-state index in [0.29, 0.717) is 12.1 Å². The van der Waals surface area contributed by atoms with Crippen molar-refractivity contribution in [3.8, 4) is 5.75 Å². The second kappa shape index (κ2) is 8.32. The quantitative estimate of drug-likeness (QED) is 0.334. The predicted molar refractivity (Wildman–Crippen MR) is 109 cm³/mol. The molecule has 1 saturated heterocycles. The van der Waals surface area contributed by atoms with E-state index in [-0.39, 0.29) is 33.7 Å². The number of carbonyl (C=O) groups is 2. The summed E-state index contributed by atoms with van der Waals surface area (Å²) in [5.74, 6) is -1.22. The molecule has 2 aromatic rings. The highest BCUT2D eigenvalue weighted by atomic mass is 35.5. The molecule has 8 nitrogen and oxygen atoms in total. The summed E-state index contributed by atoms with van der Waals surface area (Å²) in [5.41, 5.74) is 2.72. The molecule has 29 heavy (non-hydrogen) atoms. The highest BCUT2D eigenvalue weighted by molar-refractivity contribution is 6.33. The van der Waals surface area contributed by atoms with Crippen molar-refractivity contribution in [2.45, 2.75) is 26.4 Å². The van der Waals surface area contributed by atoms with Crippen molar-refractivity contribution < 1.29 is 19.2 Å². The van der Waals surface area contributed by atoms with Gasteiger partial charge in [-0.25, -0.2) is 5.01 Å². The van der Waals surface area contributed by atoms with E-state index < -0.39 is 16.7 Å². The van der Waals surface area contributed by atoms with Crippen molar-refractivity contribution in [1.82, 2.24) is 5.43 Å². The van der Waals surface area contributed by atoms with E-state index in [9.17, 15) is 19.7 Å². The first-order chi connectivity index (χ1) is 13.8. The molecule has 0 saturated carbocycles. The van der Waals surface area contributed by atoms with E-state index >= 15 is 0 Å². The van der Waals surface area contributed by atoms with Crippen molar-refractivity contribution in [1.29, 1.82) is 0 Å². The lowest BCUT2D eigenvalue weighted by Gasteiger charge is -2.14. The Hall–Kier alpha value is -3.39. The minimum atomic E-state index is -0.613. The lowest BCUT2D eigenvalue weighted by Crippen LogP contribution is -2.35. The number of nitro groups is 1. The number of hydrogen-bond acceptors (Lipinski definition) is 5. The molecule has 1 N–H and O–H groups in total. The Kier molecular flexibility index (Phi) is 5.84. The third-order valence-electron chi connectivity index (χ3n) is 4.35. The van der Waals surface area contributed by atoms with Crippen LogP contribution >= 0.6 is 11.6 Å². The molecule has 2 amide bonds. The van der Waals surface area contributed by atoms with Gasteiger partial charge in [0.25, 0.3) is 11.8 Å². The van der Waals surface area contributed by atoms with Crippen LogP contribution in [0.25, 0.3) is 6.08 Å².